The Kier molecular flexibility index (Phi) is 6.00. The average Bonchev–Trinajstić information content (AvgIpc) is 3.50. The van der Waals surface area contributed by atoms with Gasteiger partial charge in [0.15, 0.2) is 0 Å². The molecular formula is C41H25N3S. The molecule has 9 rings (SSSR count). The van der Waals surface area contributed by atoms with Crippen molar-refractivity contribution in [2.45, 2.75) is 0 Å². The quantitative estimate of drug-likeness (QED) is 0.191. The van der Waals surface area contributed by atoms with Gasteiger partial charge in [-0.1, -0.05) is 103 Å². The van der Waals surface area contributed by atoms with Crippen LogP contribution in [0.25, 0.3) is 86.7 Å². The van der Waals surface area contributed by atoms with Crippen molar-refractivity contribution in [1.29, 1.82) is 0 Å². The Labute approximate surface area is 264 Å². The van der Waals surface area contributed by atoms with Crippen LogP contribution < -0.4 is 0 Å². The minimum atomic E-state index is 0.924. The average molecular weight is 592 g/mol. The minimum Gasteiger partial charge on any atom is -0.264 e. The molecule has 0 unspecified atom stereocenters. The molecule has 5 aromatic carbocycles. The van der Waals surface area contributed by atoms with Crippen molar-refractivity contribution in [3.05, 3.63) is 152 Å². The van der Waals surface area contributed by atoms with Gasteiger partial charge in [0.1, 0.15) is 0 Å². The summed E-state index contributed by atoms with van der Waals surface area (Å²) in [6, 6.07) is 49.4. The highest BCUT2D eigenvalue weighted by Crippen LogP contribution is 2.42. The van der Waals surface area contributed by atoms with E-state index in [-0.39, 0.29) is 0 Å². The first-order valence-electron chi connectivity index (χ1n) is 15.0. The van der Waals surface area contributed by atoms with Crippen molar-refractivity contribution in [2.24, 2.45) is 0 Å². The fourth-order valence-corrected chi connectivity index (χ4v) is 7.41. The minimum absolute atomic E-state index is 0.924. The van der Waals surface area contributed by atoms with Crippen LogP contribution in [0.3, 0.4) is 0 Å². The van der Waals surface area contributed by atoms with Crippen LogP contribution in [0.1, 0.15) is 0 Å². The first-order chi connectivity index (χ1) is 22.3. The van der Waals surface area contributed by atoms with E-state index in [2.05, 4.69) is 120 Å². The maximum atomic E-state index is 5.23. The van der Waals surface area contributed by atoms with Crippen LogP contribution in [0.15, 0.2) is 152 Å². The summed E-state index contributed by atoms with van der Waals surface area (Å²) in [7, 11) is 0. The van der Waals surface area contributed by atoms with Gasteiger partial charge < -0.3 is 0 Å². The zero-order valence-corrected chi connectivity index (χ0v) is 25.0. The molecule has 0 fully saturated rings. The molecule has 0 radical (unpaired) electrons. The van der Waals surface area contributed by atoms with E-state index in [9.17, 15) is 0 Å². The third kappa shape index (κ3) is 4.46. The topological polar surface area (TPSA) is 38.7 Å². The summed E-state index contributed by atoms with van der Waals surface area (Å²) in [6.45, 7) is 0. The van der Waals surface area contributed by atoms with Crippen LogP contribution in [0.4, 0.5) is 0 Å². The first-order valence-corrected chi connectivity index (χ1v) is 15.8. The molecular weight excluding hydrogens is 567 g/mol. The second-order valence-corrected chi connectivity index (χ2v) is 12.4. The highest BCUT2D eigenvalue weighted by atomic mass is 32.1. The van der Waals surface area contributed by atoms with E-state index in [4.69, 9.17) is 9.97 Å². The molecule has 0 aliphatic carbocycles. The molecule has 45 heavy (non-hydrogen) atoms. The molecule has 0 amide bonds. The van der Waals surface area contributed by atoms with Gasteiger partial charge in [-0.3, -0.25) is 4.98 Å². The fraction of sp³-hybridized carbons (Fsp3) is 0. The van der Waals surface area contributed by atoms with E-state index >= 15 is 0 Å². The Morgan fingerprint density at radius 1 is 0.444 bits per heavy atom. The Bertz CT molecular complexity index is 2520. The second kappa shape index (κ2) is 10.5. The summed E-state index contributed by atoms with van der Waals surface area (Å²) < 4.78 is 2.56. The van der Waals surface area contributed by atoms with E-state index < -0.39 is 0 Å². The van der Waals surface area contributed by atoms with Crippen LogP contribution >= 0.6 is 11.3 Å². The molecule has 0 spiro atoms. The van der Waals surface area contributed by atoms with Crippen LogP contribution in [0.5, 0.6) is 0 Å². The maximum absolute atomic E-state index is 5.23. The molecule has 9 aromatic rings. The molecule has 0 atom stereocenters. The van der Waals surface area contributed by atoms with Gasteiger partial charge in [-0.2, -0.15) is 0 Å². The van der Waals surface area contributed by atoms with Gasteiger partial charge in [-0.05, 0) is 58.7 Å². The molecule has 0 aliphatic heterocycles. The predicted octanol–water partition coefficient (Wildman–Crippen LogP) is 11.2. The number of hydrogen-bond acceptors (Lipinski definition) is 4. The molecule has 4 heteroatoms. The molecule has 0 saturated carbocycles. The smallest absolute Gasteiger partial charge is 0.0972 e. The first kappa shape index (κ1) is 25.8. The van der Waals surface area contributed by atoms with Crippen molar-refractivity contribution in [3.8, 4) is 44.8 Å². The maximum Gasteiger partial charge on any atom is 0.0972 e. The van der Waals surface area contributed by atoms with Gasteiger partial charge in [0, 0.05) is 54.5 Å². The normalized spacial score (nSPS) is 11.6. The van der Waals surface area contributed by atoms with Gasteiger partial charge in [-0.25, -0.2) is 9.97 Å². The van der Waals surface area contributed by atoms with Gasteiger partial charge in [0.2, 0.25) is 0 Å². The second-order valence-electron chi connectivity index (χ2n) is 11.3. The Morgan fingerprint density at radius 3 is 1.84 bits per heavy atom. The van der Waals surface area contributed by atoms with Gasteiger partial charge in [0.05, 0.1) is 22.4 Å². The molecule has 4 aromatic heterocycles. The summed E-state index contributed by atoms with van der Waals surface area (Å²) in [6.07, 6.45) is 3.72. The number of benzene rings is 5. The third-order valence-electron chi connectivity index (χ3n) is 8.57. The monoisotopic (exact) mass is 591 g/mol. The molecule has 4 heterocycles. The SMILES string of the molecule is c1ccc(-c2ccc3ccc4ccc(-c5ccc6sc7cccc(-c8ccc(-c9cccnc9)cc8)c7c6c5)nc4c3n2)cc1. The summed E-state index contributed by atoms with van der Waals surface area (Å²) in [5.74, 6) is 0. The highest BCUT2D eigenvalue weighted by molar-refractivity contribution is 7.26. The third-order valence-corrected chi connectivity index (χ3v) is 9.71. The number of hydrogen-bond donors (Lipinski definition) is 0. The van der Waals surface area contributed by atoms with Crippen molar-refractivity contribution in [2.75, 3.05) is 0 Å². The highest BCUT2D eigenvalue weighted by Gasteiger charge is 2.14. The lowest BCUT2D eigenvalue weighted by Crippen LogP contribution is -1.91. The number of thiophene rings is 1. The summed E-state index contributed by atoms with van der Waals surface area (Å²) >= 11 is 1.84. The van der Waals surface area contributed by atoms with Crippen LogP contribution in [-0.4, -0.2) is 15.0 Å². The van der Waals surface area contributed by atoms with E-state index in [1.807, 2.05) is 48.0 Å². The number of aromatic nitrogens is 3. The Hall–Kier alpha value is -5.71. The number of rotatable bonds is 4. The van der Waals surface area contributed by atoms with Crippen LogP contribution in [0.2, 0.25) is 0 Å². The lowest BCUT2D eigenvalue weighted by Gasteiger charge is -2.09. The Balaban J connectivity index is 1.18. The zero-order chi connectivity index (χ0) is 29.7. The summed E-state index contributed by atoms with van der Waals surface area (Å²) in [5, 5.41) is 4.71. The van der Waals surface area contributed by atoms with Gasteiger partial charge in [0.25, 0.3) is 0 Å². The fourth-order valence-electron chi connectivity index (χ4n) is 6.30. The molecule has 0 N–H and O–H groups in total. The lowest BCUT2D eigenvalue weighted by molar-refractivity contribution is 1.33. The van der Waals surface area contributed by atoms with Crippen molar-refractivity contribution < 1.29 is 0 Å². The predicted molar refractivity (Wildman–Crippen MR) is 189 cm³/mol. The van der Waals surface area contributed by atoms with E-state index in [0.29, 0.717) is 0 Å². The molecule has 0 aliphatic rings. The Morgan fingerprint density at radius 2 is 1.11 bits per heavy atom. The van der Waals surface area contributed by atoms with E-state index in [1.54, 1.807) is 0 Å². The standard InChI is InChI=1S/C41H25N3S/c1-2-6-28(7-3-1)35-20-17-29-15-16-30-18-21-36(44-41(30)40(29)43-35)31-19-22-37-34(24-31)39-33(9-4-10-38(39)45-37)27-13-11-26(12-14-27)32-8-5-23-42-25-32/h1-25H. The van der Waals surface area contributed by atoms with E-state index in [0.717, 1.165) is 55.4 Å². The molecule has 0 bridgehead atoms. The number of fused-ring (bicyclic) bond motifs is 6. The summed E-state index contributed by atoms with van der Waals surface area (Å²) in [4.78, 5) is 14.6. The van der Waals surface area contributed by atoms with Gasteiger partial charge >= 0.3 is 0 Å². The number of pyridine rings is 3. The lowest BCUT2D eigenvalue weighted by atomic mass is 9.96. The van der Waals surface area contributed by atoms with E-state index in [1.165, 1.54) is 31.3 Å². The molecule has 0 saturated heterocycles. The number of nitrogens with zero attached hydrogens (tertiary/aromatic N) is 3. The molecule has 210 valence electrons. The zero-order valence-electron chi connectivity index (χ0n) is 24.2. The summed E-state index contributed by atoms with van der Waals surface area (Å²) in [5.41, 5.74) is 10.7. The van der Waals surface area contributed by atoms with Crippen molar-refractivity contribution in [1.82, 2.24) is 15.0 Å². The van der Waals surface area contributed by atoms with Gasteiger partial charge in [-0.15, -0.1) is 11.3 Å². The van der Waals surface area contributed by atoms with Crippen molar-refractivity contribution >= 4 is 53.3 Å². The van der Waals surface area contributed by atoms with Crippen molar-refractivity contribution in [3.63, 3.8) is 0 Å². The van der Waals surface area contributed by atoms with Crippen LogP contribution in [0, 0.1) is 0 Å². The van der Waals surface area contributed by atoms with Crippen LogP contribution in [-0.2, 0) is 0 Å². The largest absolute Gasteiger partial charge is 0.264 e. The molecule has 3 nitrogen and oxygen atoms in total.